The lowest BCUT2D eigenvalue weighted by Gasteiger charge is -2.38. The topological polar surface area (TPSA) is 21.7 Å². The lowest BCUT2D eigenvalue weighted by molar-refractivity contribution is 0.182. The molecule has 13 heavy (non-hydrogen) atoms. The Hall–Kier alpha value is 0.314. The van der Waals surface area contributed by atoms with E-state index in [-0.39, 0.29) is 5.54 Å². The van der Waals surface area contributed by atoms with Gasteiger partial charge in [0.2, 0.25) is 0 Å². The van der Waals surface area contributed by atoms with Crippen LogP contribution in [0.1, 0.15) is 20.8 Å². The lowest BCUT2D eigenvalue weighted by atomic mass is 9.92. The molecule has 0 spiro atoms. The molecular weight excluding hydrogens is 198 g/mol. The van der Waals surface area contributed by atoms with E-state index in [4.69, 9.17) is 8.85 Å². The van der Waals surface area contributed by atoms with Crippen molar-refractivity contribution in [3.63, 3.8) is 0 Å². The van der Waals surface area contributed by atoms with Gasteiger partial charge in [0.05, 0.1) is 10.4 Å². The SMILES string of the molecule is CO[Si]1(OC)CC(C)C(C)(C)N1[SiH3]. The Kier molecular flexibility index (Phi) is 3.04. The average Bonchev–Trinajstić information content (AvgIpc) is 2.27. The number of hydrogen-bond acceptors (Lipinski definition) is 3. The van der Waals surface area contributed by atoms with Gasteiger partial charge in [0.25, 0.3) is 0 Å². The van der Waals surface area contributed by atoms with Gasteiger partial charge in [-0.1, -0.05) is 6.92 Å². The van der Waals surface area contributed by atoms with Crippen LogP contribution in [0.2, 0.25) is 6.04 Å². The van der Waals surface area contributed by atoms with Crippen molar-refractivity contribution in [2.75, 3.05) is 14.2 Å². The van der Waals surface area contributed by atoms with Crippen molar-refractivity contribution in [3.8, 4) is 0 Å². The molecule has 0 aromatic heterocycles. The summed E-state index contributed by atoms with van der Waals surface area (Å²) in [5, 5.41) is 0. The highest BCUT2D eigenvalue weighted by molar-refractivity contribution is 6.70. The minimum atomic E-state index is -1.99. The third kappa shape index (κ3) is 1.52. The highest BCUT2D eigenvalue weighted by atomic mass is 28.4. The molecule has 3 nitrogen and oxygen atoms in total. The second kappa shape index (κ2) is 3.47. The summed E-state index contributed by atoms with van der Waals surface area (Å²) in [6.07, 6.45) is 0. The zero-order valence-electron chi connectivity index (χ0n) is 9.55. The zero-order chi connectivity index (χ0) is 10.3. The van der Waals surface area contributed by atoms with E-state index < -0.39 is 8.72 Å². The molecular formula is C8H21NO2Si2. The minimum Gasteiger partial charge on any atom is -0.386 e. The molecule has 1 rings (SSSR count). The molecule has 0 amide bonds. The van der Waals surface area contributed by atoms with Crippen molar-refractivity contribution in [2.45, 2.75) is 32.4 Å². The summed E-state index contributed by atoms with van der Waals surface area (Å²) in [6, 6.07) is 1.09. The third-order valence-corrected chi connectivity index (χ3v) is 11.0. The predicted octanol–water partition coefficient (Wildman–Crippen LogP) is 0.229. The molecule has 78 valence electrons. The summed E-state index contributed by atoms with van der Waals surface area (Å²) in [7, 11) is 2.61. The molecule has 5 heteroatoms. The van der Waals surface area contributed by atoms with Crippen molar-refractivity contribution in [3.05, 3.63) is 0 Å². The molecule has 0 saturated carbocycles. The minimum absolute atomic E-state index is 0.254. The largest absolute Gasteiger partial charge is 0.420 e. The molecule has 0 N–H and O–H groups in total. The van der Waals surface area contributed by atoms with Gasteiger partial charge in [-0.3, -0.25) is 0 Å². The van der Waals surface area contributed by atoms with Gasteiger partial charge in [-0.15, -0.1) is 0 Å². The molecule has 1 saturated heterocycles. The molecule has 1 aliphatic rings. The number of nitrogens with zero attached hydrogens (tertiary/aromatic N) is 1. The van der Waals surface area contributed by atoms with Crippen molar-refractivity contribution in [2.24, 2.45) is 5.92 Å². The van der Waals surface area contributed by atoms with Crippen molar-refractivity contribution in [1.29, 1.82) is 0 Å². The quantitative estimate of drug-likeness (QED) is 0.621. The highest BCUT2D eigenvalue weighted by Crippen LogP contribution is 2.41. The summed E-state index contributed by atoms with van der Waals surface area (Å²) in [4.78, 5) is 0. The summed E-state index contributed by atoms with van der Waals surface area (Å²) >= 11 is 0. The van der Waals surface area contributed by atoms with Gasteiger partial charge in [0.15, 0.2) is 0 Å². The monoisotopic (exact) mass is 219 g/mol. The van der Waals surface area contributed by atoms with Gasteiger partial charge < -0.3 is 13.1 Å². The van der Waals surface area contributed by atoms with E-state index in [1.165, 1.54) is 0 Å². The van der Waals surface area contributed by atoms with E-state index in [2.05, 4.69) is 25.0 Å². The second-order valence-electron chi connectivity index (χ2n) is 4.44. The first-order chi connectivity index (χ1) is 5.90. The highest BCUT2D eigenvalue weighted by Gasteiger charge is 2.57. The van der Waals surface area contributed by atoms with E-state index in [0.717, 1.165) is 16.4 Å². The van der Waals surface area contributed by atoms with Crippen LogP contribution in [0.3, 0.4) is 0 Å². The van der Waals surface area contributed by atoms with Gasteiger partial charge in [0.1, 0.15) is 0 Å². The molecule has 0 aromatic rings. The van der Waals surface area contributed by atoms with Crippen LogP contribution in [0.25, 0.3) is 0 Å². The smallest absolute Gasteiger partial charge is 0.386 e. The molecule has 0 bridgehead atoms. The molecule has 1 fully saturated rings. The average molecular weight is 219 g/mol. The Morgan fingerprint density at radius 3 is 2.00 bits per heavy atom. The Morgan fingerprint density at radius 1 is 1.38 bits per heavy atom. The van der Waals surface area contributed by atoms with Gasteiger partial charge in [-0.2, -0.15) is 0 Å². The van der Waals surface area contributed by atoms with Crippen molar-refractivity contribution in [1.82, 2.24) is 4.23 Å². The standard InChI is InChI=1S/C8H21NO2Si2/c1-7-6-13(10-4,11-5)9(12)8(7,2)3/h7H,6H2,1-5,12H3. The summed E-state index contributed by atoms with van der Waals surface area (Å²) in [5.41, 5.74) is 0.254. The molecule has 1 unspecified atom stereocenters. The van der Waals surface area contributed by atoms with Gasteiger partial charge >= 0.3 is 8.72 Å². The zero-order valence-corrected chi connectivity index (χ0v) is 12.5. The van der Waals surface area contributed by atoms with E-state index >= 15 is 0 Å². The van der Waals surface area contributed by atoms with Crippen LogP contribution >= 0.6 is 0 Å². The van der Waals surface area contributed by atoms with E-state index in [1.54, 1.807) is 14.2 Å². The van der Waals surface area contributed by atoms with Crippen LogP contribution in [0.4, 0.5) is 0 Å². The van der Waals surface area contributed by atoms with Gasteiger partial charge in [-0.25, -0.2) is 0 Å². The first-order valence-electron chi connectivity index (χ1n) is 4.75. The van der Waals surface area contributed by atoms with E-state index in [0.29, 0.717) is 5.92 Å². The normalized spacial score (nSPS) is 32.5. The summed E-state index contributed by atoms with van der Waals surface area (Å²) in [6.45, 7) is 6.87. The Balaban J connectivity index is 2.94. The fraction of sp³-hybridized carbons (Fsp3) is 1.00. The van der Waals surface area contributed by atoms with Crippen LogP contribution in [0.5, 0.6) is 0 Å². The van der Waals surface area contributed by atoms with Crippen LogP contribution < -0.4 is 0 Å². The maximum atomic E-state index is 5.64. The van der Waals surface area contributed by atoms with Crippen molar-refractivity contribution >= 4 is 19.1 Å². The molecule has 0 aromatic carbocycles. The molecule has 1 aliphatic heterocycles. The van der Waals surface area contributed by atoms with E-state index in [9.17, 15) is 0 Å². The maximum Gasteiger partial charge on any atom is 0.420 e. The fourth-order valence-electron chi connectivity index (χ4n) is 2.07. The van der Waals surface area contributed by atoms with Gasteiger partial charge in [-0.05, 0) is 19.8 Å². The first kappa shape index (κ1) is 11.4. The Bertz CT molecular complexity index is 195. The third-order valence-electron chi connectivity index (χ3n) is 3.78. The number of rotatable bonds is 2. The summed E-state index contributed by atoms with van der Waals surface area (Å²) < 4.78 is 13.7. The first-order valence-corrected chi connectivity index (χ1v) is 7.61. The maximum absolute atomic E-state index is 5.64. The molecule has 1 atom stereocenters. The Morgan fingerprint density at radius 2 is 1.85 bits per heavy atom. The second-order valence-corrected chi connectivity index (χ2v) is 9.55. The summed E-state index contributed by atoms with van der Waals surface area (Å²) in [5.74, 6) is 0.663. The van der Waals surface area contributed by atoms with Crippen molar-refractivity contribution < 1.29 is 8.85 Å². The molecule has 0 radical (unpaired) electrons. The van der Waals surface area contributed by atoms with Crippen LogP contribution in [0, 0.1) is 5.92 Å². The lowest BCUT2D eigenvalue weighted by Crippen LogP contribution is -2.57. The van der Waals surface area contributed by atoms with Gasteiger partial charge in [0, 0.05) is 25.8 Å². The Labute approximate surface area is 85.2 Å². The van der Waals surface area contributed by atoms with Crippen LogP contribution in [-0.2, 0) is 8.85 Å². The fourth-order valence-corrected chi connectivity index (χ4v) is 7.84. The molecule has 1 heterocycles. The van der Waals surface area contributed by atoms with Crippen LogP contribution in [-0.4, -0.2) is 43.1 Å². The van der Waals surface area contributed by atoms with Crippen LogP contribution in [0.15, 0.2) is 0 Å². The molecule has 0 aliphatic carbocycles. The number of hydrogen-bond donors (Lipinski definition) is 0. The van der Waals surface area contributed by atoms with E-state index in [1.807, 2.05) is 0 Å². The predicted molar refractivity (Wildman–Crippen MR) is 59.6 cm³/mol.